The lowest BCUT2D eigenvalue weighted by molar-refractivity contribution is -0.132. The highest BCUT2D eigenvalue weighted by atomic mass is 32.2. The number of amides is 2. The van der Waals surface area contributed by atoms with Crippen LogP contribution in [0.25, 0.3) is 0 Å². The van der Waals surface area contributed by atoms with Gasteiger partial charge in [0.25, 0.3) is 5.91 Å². The zero-order valence-electron chi connectivity index (χ0n) is 18.4. The van der Waals surface area contributed by atoms with Gasteiger partial charge in [-0.1, -0.05) is 30.3 Å². The third-order valence-corrected chi connectivity index (χ3v) is 7.02. The van der Waals surface area contributed by atoms with E-state index in [2.05, 4.69) is 16.9 Å². The van der Waals surface area contributed by atoms with Crippen LogP contribution in [0.2, 0.25) is 0 Å². The van der Waals surface area contributed by atoms with Gasteiger partial charge in [-0.25, -0.2) is 13.1 Å². The highest BCUT2D eigenvalue weighted by Crippen LogP contribution is 2.25. The molecule has 1 N–H and O–H groups in total. The molecule has 32 heavy (non-hydrogen) atoms. The zero-order valence-corrected chi connectivity index (χ0v) is 19.2. The molecule has 0 unspecified atom stereocenters. The normalized spacial score (nSPS) is 14.3. The van der Waals surface area contributed by atoms with Gasteiger partial charge in [0.1, 0.15) is 10.6 Å². The molecular formula is C23H29N3O5S. The summed E-state index contributed by atoms with van der Waals surface area (Å²) in [6, 6.07) is 14.4. The minimum absolute atomic E-state index is 0.0828. The number of nitrogens with zero attached hydrogens (tertiary/aromatic N) is 2. The fourth-order valence-electron chi connectivity index (χ4n) is 3.72. The van der Waals surface area contributed by atoms with Crippen LogP contribution in [0.15, 0.2) is 53.4 Å². The number of piperazine rings is 1. The average Bonchev–Trinajstić information content (AvgIpc) is 2.83. The van der Waals surface area contributed by atoms with E-state index in [1.165, 1.54) is 31.9 Å². The fraction of sp³-hybridized carbons (Fsp3) is 0.391. The monoisotopic (exact) mass is 459 g/mol. The van der Waals surface area contributed by atoms with Gasteiger partial charge < -0.3 is 14.5 Å². The SMILES string of the molecule is CNS(=O)(=O)c1cc(C(=O)N2CCN(C(=O)CCCc3ccccc3)CC2)ccc1OC. The molecule has 9 heteroatoms. The fourth-order valence-corrected chi connectivity index (χ4v) is 4.64. The third-order valence-electron chi connectivity index (χ3n) is 5.59. The summed E-state index contributed by atoms with van der Waals surface area (Å²) in [7, 11) is -1.09. The van der Waals surface area contributed by atoms with E-state index < -0.39 is 10.0 Å². The number of hydrogen-bond acceptors (Lipinski definition) is 5. The number of sulfonamides is 1. The summed E-state index contributed by atoms with van der Waals surface area (Å²) < 4.78 is 31.9. The molecule has 1 fully saturated rings. The summed E-state index contributed by atoms with van der Waals surface area (Å²) in [4.78, 5) is 28.8. The molecule has 0 aromatic heterocycles. The zero-order chi connectivity index (χ0) is 23.1. The van der Waals surface area contributed by atoms with E-state index in [1.54, 1.807) is 15.9 Å². The first-order valence-corrected chi connectivity index (χ1v) is 12.1. The highest BCUT2D eigenvalue weighted by molar-refractivity contribution is 7.89. The van der Waals surface area contributed by atoms with Gasteiger partial charge in [-0.15, -0.1) is 0 Å². The molecule has 1 heterocycles. The first-order valence-electron chi connectivity index (χ1n) is 10.6. The largest absolute Gasteiger partial charge is 0.495 e. The number of carbonyl (C=O) groups is 2. The maximum Gasteiger partial charge on any atom is 0.254 e. The van der Waals surface area contributed by atoms with E-state index in [9.17, 15) is 18.0 Å². The van der Waals surface area contributed by atoms with Crippen LogP contribution in [0.4, 0.5) is 0 Å². The lowest BCUT2D eigenvalue weighted by Gasteiger charge is -2.35. The van der Waals surface area contributed by atoms with Gasteiger partial charge in [0.05, 0.1) is 7.11 Å². The first-order chi connectivity index (χ1) is 15.4. The number of methoxy groups -OCH3 is 1. The predicted octanol–water partition coefficient (Wildman–Crippen LogP) is 1.91. The van der Waals surface area contributed by atoms with Crippen LogP contribution in [0.3, 0.4) is 0 Å². The van der Waals surface area contributed by atoms with E-state index in [1.807, 2.05) is 18.2 Å². The molecule has 2 amide bonds. The predicted molar refractivity (Wildman–Crippen MR) is 121 cm³/mol. The Labute approximate surface area is 189 Å². The van der Waals surface area contributed by atoms with Crippen molar-refractivity contribution in [2.45, 2.75) is 24.2 Å². The van der Waals surface area contributed by atoms with Gasteiger partial charge in [-0.2, -0.15) is 0 Å². The molecular weight excluding hydrogens is 430 g/mol. The summed E-state index contributed by atoms with van der Waals surface area (Å²) in [5.41, 5.74) is 1.48. The Kier molecular flexibility index (Phi) is 7.87. The molecule has 2 aromatic rings. The number of carbonyl (C=O) groups excluding carboxylic acids is 2. The van der Waals surface area contributed by atoms with Gasteiger partial charge >= 0.3 is 0 Å². The average molecular weight is 460 g/mol. The minimum atomic E-state index is -3.78. The molecule has 1 aliphatic heterocycles. The summed E-state index contributed by atoms with van der Waals surface area (Å²) in [5, 5.41) is 0. The van der Waals surface area contributed by atoms with Crippen molar-refractivity contribution in [3.63, 3.8) is 0 Å². The molecule has 1 aliphatic rings. The molecule has 8 nitrogen and oxygen atoms in total. The van der Waals surface area contributed by atoms with Crippen LogP contribution in [0.1, 0.15) is 28.8 Å². The molecule has 2 aromatic carbocycles. The highest BCUT2D eigenvalue weighted by Gasteiger charge is 2.26. The van der Waals surface area contributed by atoms with E-state index in [0.717, 1.165) is 12.8 Å². The van der Waals surface area contributed by atoms with Crippen molar-refractivity contribution >= 4 is 21.8 Å². The lowest BCUT2D eigenvalue weighted by atomic mass is 10.1. The Morgan fingerprint density at radius 1 is 1.00 bits per heavy atom. The van der Waals surface area contributed by atoms with Crippen LogP contribution in [-0.2, 0) is 21.2 Å². The molecule has 0 bridgehead atoms. The summed E-state index contributed by atoms with van der Waals surface area (Å²) in [5.74, 6) is -0.00178. The van der Waals surface area contributed by atoms with Crippen molar-refractivity contribution in [2.75, 3.05) is 40.3 Å². The smallest absolute Gasteiger partial charge is 0.254 e. The molecule has 0 radical (unpaired) electrons. The Bertz CT molecular complexity index is 1050. The third kappa shape index (κ3) is 5.66. The van der Waals surface area contributed by atoms with Gasteiger partial charge in [0.15, 0.2) is 0 Å². The number of nitrogens with one attached hydrogen (secondary N) is 1. The quantitative estimate of drug-likeness (QED) is 0.651. The molecule has 1 saturated heterocycles. The first kappa shape index (κ1) is 23.7. The molecule has 0 aliphatic carbocycles. The second-order valence-electron chi connectivity index (χ2n) is 7.59. The van der Waals surface area contributed by atoms with Crippen molar-refractivity contribution < 1.29 is 22.7 Å². The van der Waals surface area contributed by atoms with Crippen molar-refractivity contribution in [3.8, 4) is 5.75 Å². The van der Waals surface area contributed by atoms with Crippen LogP contribution < -0.4 is 9.46 Å². The van der Waals surface area contributed by atoms with E-state index >= 15 is 0 Å². The van der Waals surface area contributed by atoms with Crippen LogP contribution in [-0.4, -0.2) is 70.4 Å². The van der Waals surface area contributed by atoms with Gasteiger partial charge in [-0.05, 0) is 43.7 Å². The van der Waals surface area contributed by atoms with Crippen molar-refractivity contribution in [3.05, 3.63) is 59.7 Å². The molecule has 172 valence electrons. The number of benzene rings is 2. The number of hydrogen-bond donors (Lipinski definition) is 1. The number of rotatable bonds is 8. The summed E-state index contributed by atoms with van der Waals surface area (Å²) >= 11 is 0. The Morgan fingerprint density at radius 3 is 2.28 bits per heavy atom. The van der Waals surface area contributed by atoms with Crippen molar-refractivity contribution in [1.29, 1.82) is 0 Å². The Balaban J connectivity index is 1.56. The summed E-state index contributed by atoms with van der Waals surface area (Å²) in [6.45, 7) is 1.74. The Morgan fingerprint density at radius 2 is 1.66 bits per heavy atom. The van der Waals surface area contributed by atoms with Crippen LogP contribution in [0.5, 0.6) is 5.75 Å². The lowest BCUT2D eigenvalue weighted by Crippen LogP contribution is -2.50. The maximum atomic E-state index is 12.9. The molecule has 3 rings (SSSR count). The van der Waals surface area contributed by atoms with Crippen LogP contribution >= 0.6 is 0 Å². The number of ether oxygens (including phenoxy) is 1. The van der Waals surface area contributed by atoms with Crippen LogP contribution in [0, 0.1) is 0 Å². The van der Waals surface area contributed by atoms with Gasteiger partial charge in [0.2, 0.25) is 15.9 Å². The van der Waals surface area contributed by atoms with E-state index in [-0.39, 0.29) is 28.0 Å². The summed E-state index contributed by atoms with van der Waals surface area (Å²) in [6.07, 6.45) is 2.13. The standard InChI is InChI=1S/C23H29N3O5S/c1-24-32(29,30)21-17-19(11-12-20(21)31-2)23(28)26-15-13-25(14-16-26)22(27)10-6-9-18-7-4-3-5-8-18/h3-5,7-8,11-12,17,24H,6,9-10,13-16H2,1-2H3. The second-order valence-corrected chi connectivity index (χ2v) is 9.44. The number of aryl methyl sites for hydroxylation is 1. The molecule has 0 atom stereocenters. The van der Waals surface area contributed by atoms with Gasteiger partial charge in [0, 0.05) is 38.2 Å². The maximum absolute atomic E-state index is 12.9. The minimum Gasteiger partial charge on any atom is -0.495 e. The second kappa shape index (κ2) is 10.6. The molecule has 0 saturated carbocycles. The van der Waals surface area contributed by atoms with Crippen molar-refractivity contribution in [1.82, 2.24) is 14.5 Å². The van der Waals surface area contributed by atoms with Crippen molar-refractivity contribution in [2.24, 2.45) is 0 Å². The van der Waals surface area contributed by atoms with Gasteiger partial charge in [-0.3, -0.25) is 9.59 Å². The van der Waals surface area contributed by atoms with E-state index in [0.29, 0.717) is 32.6 Å². The topological polar surface area (TPSA) is 96.0 Å². The van der Waals surface area contributed by atoms with E-state index in [4.69, 9.17) is 4.74 Å². The molecule has 0 spiro atoms. The Hall–Kier alpha value is -2.91.